The van der Waals surface area contributed by atoms with E-state index in [1.807, 2.05) is 11.8 Å². The Bertz CT molecular complexity index is 487. The van der Waals surface area contributed by atoms with E-state index in [0.717, 1.165) is 12.2 Å². The molecule has 2 atom stereocenters. The van der Waals surface area contributed by atoms with Crippen molar-refractivity contribution in [3.63, 3.8) is 0 Å². The normalized spacial score (nSPS) is 22.3. The Morgan fingerprint density at radius 1 is 1.23 bits per heavy atom. The second kappa shape index (κ2) is 8.60. The molecule has 0 amide bonds. The van der Waals surface area contributed by atoms with E-state index < -0.39 is 8.32 Å². The molecule has 2 nitrogen and oxygen atoms in total. The van der Waals surface area contributed by atoms with Gasteiger partial charge in [0.25, 0.3) is 0 Å². The van der Waals surface area contributed by atoms with Gasteiger partial charge in [-0.05, 0) is 0 Å². The Morgan fingerprint density at radius 3 is 2.59 bits per heavy atom. The van der Waals surface area contributed by atoms with Crippen molar-refractivity contribution in [2.45, 2.75) is 48.5 Å². The molecule has 0 saturated heterocycles. The van der Waals surface area contributed by atoms with Crippen molar-refractivity contribution in [3.8, 4) is 0 Å². The summed E-state index contributed by atoms with van der Waals surface area (Å²) < 4.78 is 13.3. The zero-order valence-corrected chi connectivity index (χ0v) is 17.4. The van der Waals surface area contributed by atoms with Gasteiger partial charge >= 0.3 is 146 Å². The molecule has 0 bridgehead atoms. The fourth-order valence-corrected chi connectivity index (χ4v) is 6.89. The third kappa shape index (κ3) is 6.51. The predicted octanol–water partition coefficient (Wildman–Crippen LogP) is 4.04. The Balaban J connectivity index is 1.85. The van der Waals surface area contributed by atoms with Gasteiger partial charge in [0.05, 0.1) is 0 Å². The minimum absolute atomic E-state index is 0.148. The standard InChI is InChI=1S/C17H26O2SSeSi/c1-18-17-13-14(19-22(2,3)4)12-15(20-17)10-11-21-16-8-6-5-7-9-16/h5-9,13,15,17H,10-12H2,1-4H3. The van der Waals surface area contributed by atoms with E-state index in [0.29, 0.717) is 20.2 Å². The van der Waals surface area contributed by atoms with Gasteiger partial charge in [-0.3, -0.25) is 0 Å². The molecule has 22 heavy (non-hydrogen) atoms. The number of rotatable bonds is 7. The number of ether oxygens (including phenoxy) is 1. The van der Waals surface area contributed by atoms with Gasteiger partial charge in [0, 0.05) is 0 Å². The molecule has 1 aromatic carbocycles. The SMILES string of the molecule is COC1C=C(O[Si](C)(C)C)CC(CC[Se]c2ccccc2)S1. The van der Waals surface area contributed by atoms with E-state index in [4.69, 9.17) is 9.16 Å². The van der Waals surface area contributed by atoms with Crippen molar-refractivity contribution >= 4 is 39.5 Å². The fraction of sp³-hybridized carbons (Fsp3) is 0.529. The molecule has 0 fully saturated rings. The Morgan fingerprint density at radius 2 is 1.95 bits per heavy atom. The van der Waals surface area contributed by atoms with Gasteiger partial charge in [0.2, 0.25) is 0 Å². The molecule has 0 aliphatic carbocycles. The van der Waals surface area contributed by atoms with Crippen molar-refractivity contribution in [1.29, 1.82) is 0 Å². The van der Waals surface area contributed by atoms with Gasteiger partial charge in [-0.1, -0.05) is 0 Å². The Labute approximate surface area is 146 Å². The number of methoxy groups -OCH3 is 1. The molecule has 5 heteroatoms. The molecule has 0 spiro atoms. The van der Waals surface area contributed by atoms with E-state index in [9.17, 15) is 0 Å². The first-order valence-electron chi connectivity index (χ1n) is 7.72. The summed E-state index contributed by atoms with van der Waals surface area (Å²) in [5.74, 6) is 1.15. The molecular formula is C17H26O2SSeSi. The van der Waals surface area contributed by atoms with Crippen molar-refractivity contribution in [1.82, 2.24) is 0 Å². The van der Waals surface area contributed by atoms with Crippen LogP contribution in [-0.4, -0.2) is 41.1 Å². The average molecular weight is 402 g/mol. The number of hydrogen-bond acceptors (Lipinski definition) is 3. The van der Waals surface area contributed by atoms with Gasteiger partial charge in [0.15, 0.2) is 0 Å². The van der Waals surface area contributed by atoms with Gasteiger partial charge < -0.3 is 0 Å². The minimum atomic E-state index is -1.53. The van der Waals surface area contributed by atoms with Crippen LogP contribution in [0.4, 0.5) is 0 Å². The molecule has 0 N–H and O–H groups in total. The molecule has 1 aromatic rings. The van der Waals surface area contributed by atoms with Crippen LogP contribution in [0.25, 0.3) is 0 Å². The van der Waals surface area contributed by atoms with Gasteiger partial charge in [0.1, 0.15) is 0 Å². The van der Waals surface area contributed by atoms with Crippen LogP contribution >= 0.6 is 11.8 Å². The first kappa shape index (κ1) is 18.1. The van der Waals surface area contributed by atoms with Crippen LogP contribution in [0.5, 0.6) is 0 Å². The summed E-state index contributed by atoms with van der Waals surface area (Å²) in [6.07, 6.45) is 4.47. The molecule has 1 aliphatic rings. The maximum atomic E-state index is 6.22. The zero-order chi connectivity index (χ0) is 16.0. The van der Waals surface area contributed by atoms with E-state index in [-0.39, 0.29) is 5.44 Å². The van der Waals surface area contributed by atoms with Crippen molar-refractivity contribution < 1.29 is 9.16 Å². The predicted molar refractivity (Wildman–Crippen MR) is 101 cm³/mol. The topological polar surface area (TPSA) is 18.5 Å². The molecule has 0 radical (unpaired) electrons. The first-order valence-corrected chi connectivity index (χ1v) is 14.1. The van der Waals surface area contributed by atoms with Gasteiger partial charge in [-0.15, -0.1) is 0 Å². The van der Waals surface area contributed by atoms with E-state index in [2.05, 4.69) is 56.0 Å². The second-order valence-corrected chi connectivity index (χ2v) is 14.6. The summed E-state index contributed by atoms with van der Waals surface area (Å²) in [6, 6.07) is 10.8. The molecule has 1 heterocycles. The zero-order valence-electron chi connectivity index (χ0n) is 13.9. The quantitative estimate of drug-likeness (QED) is 0.643. The molecule has 2 rings (SSSR count). The molecule has 122 valence electrons. The van der Waals surface area contributed by atoms with Crippen molar-refractivity contribution in [2.24, 2.45) is 0 Å². The molecule has 2 unspecified atom stereocenters. The number of thioether (sulfide) groups is 1. The van der Waals surface area contributed by atoms with Crippen LogP contribution in [0.1, 0.15) is 12.8 Å². The summed E-state index contributed by atoms with van der Waals surface area (Å²) in [7, 11) is 0.259. The molecular weight excluding hydrogens is 375 g/mol. The molecule has 0 aromatic heterocycles. The van der Waals surface area contributed by atoms with Crippen LogP contribution in [0, 0.1) is 0 Å². The van der Waals surface area contributed by atoms with E-state index in [1.54, 1.807) is 7.11 Å². The third-order valence-corrected chi connectivity index (χ3v) is 7.65. The van der Waals surface area contributed by atoms with E-state index in [1.165, 1.54) is 16.2 Å². The van der Waals surface area contributed by atoms with Gasteiger partial charge in [-0.2, -0.15) is 0 Å². The third-order valence-electron chi connectivity index (χ3n) is 3.20. The van der Waals surface area contributed by atoms with Gasteiger partial charge in [-0.25, -0.2) is 0 Å². The fourth-order valence-electron chi connectivity index (χ4n) is 2.31. The van der Waals surface area contributed by atoms with Crippen molar-refractivity contribution in [3.05, 3.63) is 42.2 Å². The summed E-state index contributed by atoms with van der Waals surface area (Å²) in [6.45, 7) is 6.72. The monoisotopic (exact) mass is 402 g/mol. The summed E-state index contributed by atoms with van der Waals surface area (Å²) in [4.78, 5) is 0. The molecule has 1 aliphatic heterocycles. The number of allylic oxidation sites excluding steroid dienone is 1. The Kier molecular flexibility index (Phi) is 7.10. The first-order chi connectivity index (χ1) is 10.5. The summed E-state index contributed by atoms with van der Waals surface area (Å²) in [5.41, 5.74) is 0.148. The molecule has 0 saturated carbocycles. The summed E-state index contributed by atoms with van der Waals surface area (Å²) >= 11 is 2.52. The number of benzene rings is 1. The van der Waals surface area contributed by atoms with Crippen molar-refractivity contribution in [2.75, 3.05) is 7.11 Å². The average Bonchev–Trinajstić information content (AvgIpc) is 2.46. The van der Waals surface area contributed by atoms with E-state index >= 15 is 0 Å². The number of hydrogen-bond donors (Lipinski definition) is 0. The van der Waals surface area contributed by atoms with Crippen LogP contribution < -0.4 is 4.46 Å². The Hall–Kier alpha value is -0.194. The second-order valence-electron chi connectivity index (χ2n) is 6.36. The summed E-state index contributed by atoms with van der Waals surface area (Å²) in [5, 5.41) is 1.90. The van der Waals surface area contributed by atoms with Crippen LogP contribution in [0.15, 0.2) is 42.2 Å². The van der Waals surface area contributed by atoms with Crippen LogP contribution in [0.2, 0.25) is 25.0 Å². The maximum absolute atomic E-state index is 6.22. The van der Waals surface area contributed by atoms with Crippen LogP contribution in [-0.2, 0) is 9.16 Å². The van der Waals surface area contributed by atoms with Crippen LogP contribution in [0.3, 0.4) is 0 Å².